The summed E-state index contributed by atoms with van der Waals surface area (Å²) < 4.78 is 0. The summed E-state index contributed by atoms with van der Waals surface area (Å²) in [4.78, 5) is 3.17. The van der Waals surface area contributed by atoms with Crippen LogP contribution < -0.4 is 0 Å². The summed E-state index contributed by atoms with van der Waals surface area (Å²) in [6.45, 7) is 2.09. The van der Waals surface area contributed by atoms with Gasteiger partial charge in [-0.3, -0.25) is 0 Å². The second-order valence-corrected chi connectivity index (χ2v) is 3.87. The first-order chi connectivity index (χ1) is 6.75. The van der Waals surface area contributed by atoms with Crippen LogP contribution in [0.1, 0.15) is 16.8 Å². The van der Waals surface area contributed by atoms with Crippen LogP contribution in [0.5, 0.6) is 0 Å². The lowest BCUT2D eigenvalue weighted by molar-refractivity contribution is 1.14. The molecule has 0 fully saturated rings. The maximum atomic E-state index is 5.82. The Bertz CT molecular complexity index is 414. The molecule has 0 spiro atoms. The monoisotopic (exact) mass is 205 g/mol. The van der Waals surface area contributed by atoms with Gasteiger partial charge < -0.3 is 4.98 Å². The van der Waals surface area contributed by atoms with Gasteiger partial charge in [0.05, 0.1) is 0 Å². The van der Waals surface area contributed by atoms with Crippen LogP contribution in [0.2, 0.25) is 5.02 Å². The first-order valence-corrected chi connectivity index (χ1v) is 5.01. The third-order valence-electron chi connectivity index (χ3n) is 2.37. The van der Waals surface area contributed by atoms with E-state index < -0.39 is 0 Å². The highest BCUT2D eigenvalue weighted by Gasteiger charge is 2.00. The molecular weight excluding hydrogens is 194 g/mol. The van der Waals surface area contributed by atoms with E-state index in [0.717, 1.165) is 11.4 Å². The average molecular weight is 206 g/mol. The Kier molecular flexibility index (Phi) is 2.60. The summed E-state index contributed by atoms with van der Waals surface area (Å²) in [5.41, 5.74) is 3.87. The molecule has 0 aliphatic carbocycles. The van der Waals surface area contributed by atoms with E-state index in [2.05, 4.69) is 30.1 Å². The maximum Gasteiger partial charge on any atom is 0.0406 e. The molecule has 0 atom stereocenters. The number of halogens is 1. The first kappa shape index (κ1) is 9.35. The van der Waals surface area contributed by atoms with E-state index in [4.69, 9.17) is 11.6 Å². The Hall–Kier alpha value is -1.21. The Morgan fingerprint density at radius 2 is 1.86 bits per heavy atom. The summed E-state index contributed by atoms with van der Waals surface area (Å²) in [5, 5.41) is 0.791. The summed E-state index contributed by atoms with van der Waals surface area (Å²) in [7, 11) is 0. The smallest absolute Gasteiger partial charge is 0.0406 e. The molecule has 1 aromatic heterocycles. The number of hydrogen-bond donors (Lipinski definition) is 1. The fraction of sp³-hybridized carbons (Fsp3) is 0.167. The summed E-state index contributed by atoms with van der Waals surface area (Å²) in [6.07, 6.45) is 2.94. The Morgan fingerprint density at radius 1 is 1.14 bits per heavy atom. The number of H-pyrrole nitrogens is 1. The molecule has 0 aliphatic rings. The topological polar surface area (TPSA) is 15.8 Å². The van der Waals surface area contributed by atoms with Crippen molar-refractivity contribution in [3.8, 4) is 0 Å². The fourth-order valence-electron chi connectivity index (χ4n) is 1.50. The number of rotatable bonds is 2. The second-order valence-electron chi connectivity index (χ2n) is 3.43. The molecule has 0 unspecified atom stereocenters. The Balaban J connectivity index is 2.19. The highest BCUT2D eigenvalue weighted by molar-refractivity contribution is 6.30. The summed E-state index contributed by atoms with van der Waals surface area (Å²) in [5.74, 6) is 0. The number of aryl methyl sites for hydroxylation is 1. The van der Waals surface area contributed by atoms with Gasteiger partial charge in [0.2, 0.25) is 0 Å². The second kappa shape index (κ2) is 3.89. The molecule has 0 aliphatic heterocycles. The van der Waals surface area contributed by atoms with Crippen LogP contribution in [-0.4, -0.2) is 4.98 Å². The average Bonchev–Trinajstić information content (AvgIpc) is 2.56. The van der Waals surface area contributed by atoms with Crippen LogP contribution in [0.4, 0.5) is 0 Å². The third-order valence-corrected chi connectivity index (χ3v) is 2.63. The Labute approximate surface area is 88.7 Å². The van der Waals surface area contributed by atoms with Crippen LogP contribution in [0.3, 0.4) is 0 Å². The molecule has 1 heterocycles. The molecule has 72 valence electrons. The lowest BCUT2D eigenvalue weighted by Crippen LogP contribution is -1.88. The minimum absolute atomic E-state index is 0.791. The molecule has 0 bridgehead atoms. The van der Waals surface area contributed by atoms with E-state index in [1.54, 1.807) is 0 Å². The van der Waals surface area contributed by atoms with E-state index in [9.17, 15) is 0 Å². The van der Waals surface area contributed by atoms with Crippen LogP contribution in [0.25, 0.3) is 0 Å². The SMILES string of the molecule is Cc1[nH]ccc1Cc1ccc(Cl)cc1. The van der Waals surface area contributed by atoms with Crippen molar-refractivity contribution in [2.45, 2.75) is 13.3 Å². The van der Waals surface area contributed by atoms with Crippen LogP contribution in [0, 0.1) is 6.92 Å². The van der Waals surface area contributed by atoms with Crippen molar-refractivity contribution in [2.75, 3.05) is 0 Å². The van der Waals surface area contributed by atoms with Gasteiger partial charge in [0.15, 0.2) is 0 Å². The van der Waals surface area contributed by atoms with Gasteiger partial charge in [0, 0.05) is 16.9 Å². The molecule has 1 N–H and O–H groups in total. The van der Waals surface area contributed by atoms with Crippen LogP contribution >= 0.6 is 11.6 Å². The zero-order chi connectivity index (χ0) is 9.97. The van der Waals surface area contributed by atoms with Crippen molar-refractivity contribution in [3.63, 3.8) is 0 Å². The number of nitrogens with one attached hydrogen (secondary N) is 1. The summed E-state index contributed by atoms with van der Waals surface area (Å²) >= 11 is 5.82. The molecule has 1 aromatic carbocycles. The lowest BCUT2D eigenvalue weighted by Gasteiger charge is -2.00. The molecule has 14 heavy (non-hydrogen) atoms. The zero-order valence-electron chi connectivity index (χ0n) is 8.05. The highest BCUT2D eigenvalue weighted by Crippen LogP contribution is 2.15. The van der Waals surface area contributed by atoms with E-state index in [1.807, 2.05) is 18.3 Å². The zero-order valence-corrected chi connectivity index (χ0v) is 8.81. The summed E-state index contributed by atoms with van der Waals surface area (Å²) in [6, 6.07) is 10.1. The molecule has 0 radical (unpaired) electrons. The van der Waals surface area contributed by atoms with Crippen molar-refractivity contribution < 1.29 is 0 Å². The van der Waals surface area contributed by atoms with E-state index in [-0.39, 0.29) is 0 Å². The lowest BCUT2D eigenvalue weighted by atomic mass is 10.1. The molecule has 0 saturated carbocycles. The largest absolute Gasteiger partial charge is 0.365 e. The predicted octanol–water partition coefficient (Wildman–Crippen LogP) is 3.57. The molecule has 2 aromatic rings. The number of aromatic nitrogens is 1. The van der Waals surface area contributed by atoms with Crippen molar-refractivity contribution in [1.29, 1.82) is 0 Å². The van der Waals surface area contributed by atoms with Crippen LogP contribution in [-0.2, 0) is 6.42 Å². The van der Waals surface area contributed by atoms with Crippen molar-refractivity contribution >= 4 is 11.6 Å². The molecule has 2 heteroatoms. The van der Waals surface area contributed by atoms with Gasteiger partial charge in [-0.15, -0.1) is 0 Å². The highest BCUT2D eigenvalue weighted by atomic mass is 35.5. The van der Waals surface area contributed by atoms with Crippen LogP contribution in [0.15, 0.2) is 36.5 Å². The van der Waals surface area contributed by atoms with Gasteiger partial charge in [-0.25, -0.2) is 0 Å². The van der Waals surface area contributed by atoms with E-state index in [1.165, 1.54) is 16.8 Å². The van der Waals surface area contributed by atoms with Gasteiger partial charge in [0.25, 0.3) is 0 Å². The number of hydrogen-bond acceptors (Lipinski definition) is 0. The normalized spacial score (nSPS) is 10.4. The van der Waals surface area contributed by atoms with Gasteiger partial charge in [0.1, 0.15) is 0 Å². The molecule has 1 nitrogen and oxygen atoms in total. The fourth-order valence-corrected chi connectivity index (χ4v) is 1.62. The first-order valence-electron chi connectivity index (χ1n) is 4.63. The number of benzene rings is 1. The minimum Gasteiger partial charge on any atom is -0.365 e. The van der Waals surface area contributed by atoms with Gasteiger partial charge in [-0.2, -0.15) is 0 Å². The van der Waals surface area contributed by atoms with E-state index >= 15 is 0 Å². The number of aromatic amines is 1. The molecule has 0 amide bonds. The van der Waals surface area contributed by atoms with Gasteiger partial charge in [-0.05, 0) is 42.7 Å². The molecule has 2 rings (SSSR count). The van der Waals surface area contributed by atoms with Crippen molar-refractivity contribution in [1.82, 2.24) is 4.98 Å². The van der Waals surface area contributed by atoms with Crippen molar-refractivity contribution in [3.05, 3.63) is 58.4 Å². The Morgan fingerprint density at radius 3 is 2.43 bits per heavy atom. The van der Waals surface area contributed by atoms with Crippen molar-refractivity contribution in [2.24, 2.45) is 0 Å². The van der Waals surface area contributed by atoms with Gasteiger partial charge >= 0.3 is 0 Å². The van der Waals surface area contributed by atoms with Gasteiger partial charge in [-0.1, -0.05) is 23.7 Å². The van der Waals surface area contributed by atoms with E-state index in [0.29, 0.717) is 0 Å². The third kappa shape index (κ3) is 1.99. The maximum absolute atomic E-state index is 5.82. The molecule has 0 saturated heterocycles. The standard InChI is InChI=1S/C12H12ClN/c1-9-11(6-7-14-9)8-10-2-4-12(13)5-3-10/h2-7,14H,8H2,1H3. The quantitative estimate of drug-likeness (QED) is 0.772. The minimum atomic E-state index is 0.791. The predicted molar refractivity (Wildman–Crippen MR) is 59.8 cm³/mol. The molecular formula is C12H12ClN.